The molecule has 2 heterocycles. The number of nitrogens with zero attached hydrogens (tertiary/aromatic N) is 1. The molecule has 0 saturated carbocycles. The highest BCUT2D eigenvalue weighted by Gasteiger charge is 2.20. The van der Waals surface area contributed by atoms with Crippen molar-refractivity contribution in [3.05, 3.63) is 212 Å². The van der Waals surface area contributed by atoms with Gasteiger partial charge in [0.05, 0.1) is 5.69 Å². The van der Waals surface area contributed by atoms with Crippen LogP contribution >= 0.6 is 0 Å². The Kier molecular flexibility index (Phi) is 7.82. The van der Waals surface area contributed by atoms with Crippen LogP contribution in [0.2, 0.25) is 0 Å². The highest BCUT2D eigenvalue weighted by molar-refractivity contribution is 6.11. The molecule has 2 aromatic heterocycles. The summed E-state index contributed by atoms with van der Waals surface area (Å²) in [6.45, 7) is 0. The summed E-state index contributed by atoms with van der Waals surface area (Å²) >= 11 is 0. The highest BCUT2D eigenvalue weighted by atomic mass is 16.3. The number of anilines is 3. The molecule has 0 spiro atoms. The number of hydrogen-bond acceptors (Lipinski definition) is 3. The average molecular weight is 730 g/mol. The van der Waals surface area contributed by atoms with Crippen LogP contribution in [0.4, 0.5) is 17.1 Å². The molecule has 0 amide bonds. The summed E-state index contributed by atoms with van der Waals surface area (Å²) < 4.78 is 13.1. The Hall–Kier alpha value is -7.62. The van der Waals surface area contributed by atoms with Crippen molar-refractivity contribution in [1.29, 1.82) is 0 Å². The van der Waals surface area contributed by atoms with Crippen molar-refractivity contribution >= 4 is 60.9 Å². The molecule has 0 unspecified atom stereocenters. The molecule has 0 N–H and O–H groups in total. The van der Waals surface area contributed by atoms with Crippen LogP contribution in [-0.2, 0) is 0 Å². The van der Waals surface area contributed by atoms with E-state index in [2.05, 4.69) is 199 Å². The van der Waals surface area contributed by atoms with E-state index in [4.69, 9.17) is 8.83 Å². The Bertz CT molecular complexity index is 3200. The van der Waals surface area contributed by atoms with Gasteiger partial charge in [0.25, 0.3) is 0 Å². The van der Waals surface area contributed by atoms with E-state index in [1.807, 2.05) is 18.2 Å². The highest BCUT2D eigenvalue weighted by Crippen LogP contribution is 2.43. The molecule has 0 radical (unpaired) electrons. The van der Waals surface area contributed by atoms with E-state index in [0.717, 1.165) is 88.8 Å². The maximum atomic E-state index is 6.60. The molecular formula is C54H35NO2. The minimum atomic E-state index is 0.857. The van der Waals surface area contributed by atoms with Gasteiger partial charge in [0.15, 0.2) is 5.58 Å². The lowest BCUT2D eigenvalue weighted by atomic mass is 9.99. The molecule has 11 aromatic rings. The minimum Gasteiger partial charge on any atom is -0.455 e. The van der Waals surface area contributed by atoms with Gasteiger partial charge in [-0.25, -0.2) is 0 Å². The topological polar surface area (TPSA) is 29.5 Å². The second kappa shape index (κ2) is 13.6. The Balaban J connectivity index is 0.981. The fraction of sp³-hybridized carbons (Fsp3) is 0. The van der Waals surface area contributed by atoms with Crippen LogP contribution in [0.3, 0.4) is 0 Å². The zero-order valence-corrected chi connectivity index (χ0v) is 31.0. The van der Waals surface area contributed by atoms with Crippen LogP contribution in [0, 0.1) is 0 Å². The summed E-state index contributed by atoms with van der Waals surface area (Å²) in [6.07, 6.45) is 0. The predicted octanol–water partition coefficient (Wildman–Crippen LogP) is 15.6. The van der Waals surface area contributed by atoms with E-state index in [1.54, 1.807) is 0 Å². The lowest BCUT2D eigenvalue weighted by Gasteiger charge is -2.26. The molecule has 0 aliphatic rings. The lowest BCUT2D eigenvalue weighted by Crippen LogP contribution is -2.10. The Morgan fingerprint density at radius 2 is 0.737 bits per heavy atom. The third-order valence-corrected chi connectivity index (χ3v) is 11.1. The third kappa shape index (κ3) is 5.76. The van der Waals surface area contributed by atoms with Crippen LogP contribution < -0.4 is 4.90 Å². The maximum Gasteiger partial charge on any atom is 0.159 e. The fourth-order valence-corrected chi connectivity index (χ4v) is 8.25. The van der Waals surface area contributed by atoms with Gasteiger partial charge in [-0.2, -0.15) is 0 Å². The summed E-state index contributed by atoms with van der Waals surface area (Å²) in [7, 11) is 0. The molecule has 0 atom stereocenters. The first kappa shape index (κ1) is 32.8. The Morgan fingerprint density at radius 3 is 1.40 bits per heavy atom. The third-order valence-electron chi connectivity index (χ3n) is 11.1. The van der Waals surface area contributed by atoms with Crippen molar-refractivity contribution in [3.63, 3.8) is 0 Å². The van der Waals surface area contributed by atoms with Crippen molar-refractivity contribution in [2.24, 2.45) is 0 Å². The second-order valence-electron chi connectivity index (χ2n) is 14.5. The fourth-order valence-electron chi connectivity index (χ4n) is 8.25. The monoisotopic (exact) mass is 729 g/mol. The zero-order valence-electron chi connectivity index (χ0n) is 31.0. The molecule has 9 aromatic carbocycles. The van der Waals surface area contributed by atoms with E-state index in [0.29, 0.717) is 0 Å². The molecule has 0 bridgehead atoms. The minimum absolute atomic E-state index is 0.857. The van der Waals surface area contributed by atoms with Gasteiger partial charge in [-0.1, -0.05) is 164 Å². The number of para-hydroxylation sites is 3. The van der Waals surface area contributed by atoms with Crippen molar-refractivity contribution < 1.29 is 8.83 Å². The Morgan fingerprint density at radius 1 is 0.281 bits per heavy atom. The van der Waals surface area contributed by atoms with Gasteiger partial charge in [0.1, 0.15) is 16.7 Å². The summed E-state index contributed by atoms with van der Waals surface area (Å²) in [5.41, 5.74) is 15.9. The largest absolute Gasteiger partial charge is 0.455 e. The molecule has 268 valence electrons. The standard InChI is InChI=1S/C54H35NO2/c1-3-11-36(12-4-1)37-21-23-38(24-22-37)39-25-30-43(31-26-39)55(50-19-10-18-47-46-15-7-8-20-51(46)57-54(47)50)44-32-27-40(28-33-44)42-29-34-52-49(35-42)48-17-9-16-45(53(48)56-52)41-13-5-2-6-14-41/h1-35H. The van der Waals surface area contributed by atoms with Crippen molar-refractivity contribution in [2.75, 3.05) is 4.90 Å². The van der Waals surface area contributed by atoms with Crippen LogP contribution in [0.25, 0.3) is 88.4 Å². The van der Waals surface area contributed by atoms with Crippen LogP contribution in [0.5, 0.6) is 0 Å². The lowest BCUT2D eigenvalue weighted by molar-refractivity contribution is 0.669. The molecule has 0 saturated heterocycles. The molecule has 57 heavy (non-hydrogen) atoms. The molecule has 11 rings (SSSR count). The van der Waals surface area contributed by atoms with E-state index < -0.39 is 0 Å². The molecular weight excluding hydrogens is 695 g/mol. The smallest absolute Gasteiger partial charge is 0.159 e. The number of hydrogen-bond donors (Lipinski definition) is 0. The molecule has 0 aliphatic heterocycles. The van der Waals surface area contributed by atoms with Gasteiger partial charge in [-0.3, -0.25) is 0 Å². The van der Waals surface area contributed by atoms with E-state index >= 15 is 0 Å². The first-order chi connectivity index (χ1) is 28.2. The Labute approximate surface area is 330 Å². The van der Waals surface area contributed by atoms with E-state index in [9.17, 15) is 0 Å². The van der Waals surface area contributed by atoms with Crippen LogP contribution in [-0.4, -0.2) is 0 Å². The first-order valence-corrected chi connectivity index (χ1v) is 19.3. The van der Waals surface area contributed by atoms with Crippen LogP contribution in [0.1, 0.15) is 0 Å². The molecule has 3 heteroatoms. The first-order valence-electron chi connectivity index (χ1n) is 19.3. The van der Waals surface area contributed by atoms with Gasteiger partial charge < -0.3 is 13.7 Å². The normalized spacial score (nSPS) is 11.5. The number of rotatable bonds is 7. The van der Waals surface area contributed by atoms with Gasteiger partial charge in [0, 0.05) is 38.5 Å². The summed E-state index contributed by atoms with van der Waals surface area (Å²) in [6, 6.07) is 75.0. The SMILES string of the molecule is c1ccc(-c2ccc(-c3ccc(N(c4ccc(-c5ccc6oc7c(-c8ccccc8)cccc7c6c5)cc4)c4cccc5c4oc4ccccc45)cc3)cc2)cc1. The van der Waals surface area contributed by atoms with E-state index in [-0.39, 0.29) is 0 Å². The average Bonchev–Trinajstić information content (AvgIpc) is 3.86. The number of fused-ring (bicyclic) bond motifs is 6. The van der Waals surface area contributed by atoms with Gasteiger partial charge in [-0.05, 0) is 87.5 Å². The molecule has 3 nitrogen and oxygen atoms in total. The predicted molar refractivity (Wildman–Crippen MR) is 237 cm³/mol. The van der Waals surface area contributed by atoms with E-state index in [1.165, 1.54) is 16.7 Å². The summed E-state index contributed by atoms with van der Waals surface area (Å²) in [5, 5.41) is 4.43. The molecule has 0 fully saturated rings. The van der Waals surface area contributed by atoms with Gasteiger partial charge in [0.2, 0.25) is 0 Å². The second-order valence-corrected chi connectivity index (χ2v) is 14.5. The van der Waals surface area contributed by atoms with Gasteiger partial charge >= 0.3 is 0 Å². The quantitative estimate of drug-likeness (QED) is 0.164. The number of furan rings is 2. The zero-order chi connectivity index (χ0) is 37.7. The molecule has 0 aliphatic carbocycles. The summed E-state index contributed by atoms with van der Waals surface area (Å²) in [4.78, 5) is 2.30. The van der Waals surface area contributed by atoms with Crippen LogP contribution in [0.15, 0.2) is 221 Å². The summed E-state index contributed by atoms with van der Waals surface area (Å²) in [5.74, 6) is 0. The van der Waals surface area contributed by atoms with Crippen molar-refractivity contribution in [3.8, 4) is 44.5 Å². The maximum absolute atomic E-state index is 6.60. The van der Waals surface area contributed by atoms with Gasteiger partial charge in [-0.15, -0.1) is 0 Å². The van der Waals surface area contributed by atoms with Crippen molar-refractivity contribution in [2.45, 2.75) is 0 Å². The number of benzene rings is 9. The van der Waals surface area contributed by atoms with Crippen molar-refractivity contribution in [1.82, 2.24) is 0 Å².